The fraction of sp³-hybridized carbons (Fsp3) is 0.429. The second-order valence-electron chi connectivity index (χ2n) is 13.4. The Labute approximate surface area is 277 Å². The number of nitrogens with one attached hydrogen (secondary N) is 1. The third-order valence-corrected chi connectivity index (χ3v) is 9.26. The van der Waals surface area contributed by atoms with Gasteiger partial charge in [-0.1, -0.05) is 50.2 Å². The zero-order valence-corrected chi connectivity index (χ0v) is 27.2. The van der Waals surface area contributed by atoms with Gasteiger partial charge in [0.25, 0.3) is 0 Å². The zero-order valence-electron chi connectivity index (χ0n) is 27.2. The van der Waals surface area contributed by atoms with E-state index in [-0.39, 0.29) is 28.5 Å². The van der Waals surface area contributed by atoms with E-state index in [1.54, 1.807) is 31.3 Å². The molecule has 2 saturated heterocycles. The lowest BCUT2D eigenvalue weighted by Gasteiger charge is -2.39. The van der Waals surface area contributed by atoms with E-state index in [9.17, 15) is 23.1 Å². The fourth-order valence-corrected chi connectivity index (χ4v) is 6.76. The minimum absolute atomic E-state index is 0.133. The van der Waals surface area contributed by atoms with E-state index >= 15 is 0 Å². The highest BCUT2D eigenvalue weighted by Gasteiger charge is 2.46. The molecule has 0 radical (unpaired) electrons. The number of nitrogens with zero attached hydrogens (tertiary/aromatic N) is 5. The third kappa shape index (κ3) is 7.25. The minimum Gasteiger partial charge on any atom is -0.480 e. The summed E-state index contributed by atoms with van der Waals surface area (Å²) in [6.07, 6.45) is -2.71. The lowest BCUT2D eigenvalue weighted by Crippen LogP contribution is -2.41. The molecule has 254 valence electrons. The number of hydrogen-bond donors (Lipinski definition) is 3. The summed E-state index contributed by atoms with van der Waals surface area (Å²) in [5.74, 6) is -0.527. The van der Waals surface area contributed by atoms with Crippen LogP contribution in [-0.4, -0.2) is 62.7 Å². The summed E-state index contributed by atoms with van der Waals surface area (Å²) in [4.78, 5) is 21.7. The second kappa shape index (κ2) is 13.1. The zero-order chi connectivity index (χ0) is 34.2. The number of aryl methyl sites for hydroxylation is 1. The van der Waals surface area contributed by atoms with E-state index in [1.807, 2.05) is 29.2 Å². The van der Waals surface area contributed by atoms with E-state index in [1.165, 1.54) is 22.4 Å². The van der Waals surface area contributed by atoms with Crippen LogP contribution in [0.15, 0.2) is 60.8 Å². The first-order valence-corrected chi connectivity index (χ1v) is 16.1. The van der Waals surface area contributed by atoms with E-state index in [0.717, 1.165) is 17.5 Å². The van der Waals surface area contributed by atoms with Gasteiger partial charge in [-0.25, -0.2) is 4.68 Å². The molecule has 2 aromatic heterocycles. The van der Waals surface area contributed by atoms with Crippen molar-refractivity contribution in [3.63, 3.8) is 0 Å². The van der Waals surface area contributed by atoms with E-state index in [4.69, 9.17) is 10.5 Å². The predicted octanol–water partition coefficient (Wildman–Crippen LogP) is 6.13. The second-order valence-corrected chi connectivity index (χ2v) is 13.4. The lowest BCUT2D eigenvalue weighted by molar-refractivity contribution is -0.198. The number of aromatic nitrogens is 4. The van der Waals surface area contributed by atoms with Crippen LogP contribution in [0.4, 0.5) is 24.9 Å². The number of carbonyl (C=O) groups is 1. The van der Waals surface area contributed by atoms with Gasteiger partial charge in [-0.05, 0) is 72.8 Å². The van der Waals surface area contributed by atoms with Crippen molar-refractivity contribution in [2.24, 2.45) is 11.3 Å². The van der Waals surface area contributed by atoms with Crippen LogP contribution in [0.2, 0.25) is 0 Å². The topological polar surface area (TPSA) is 131 Å². The van der Waals surface area contributed by atoms with Gasteiger partial charge in [0.1, 0.15) is 11.9 Å². The van der Waals surface area contributed by atoms with Crippen molar-refractivity contribution in [2.45, 2.75) is 64.8 Å². The normalized spacial score (nSPS) is 18.4. The molecule has 0 amide bonds. The molecule has 0 bridgehead atoms. The first-order chi connectivity index (χ1) is 22.8. The first-order valence-electron chi connectivity index (χ1n) is 16.1. The maximum absolute atomic E-state index is 14.9. The number of nitrogens with two attached hydrogens (primary N) is 1. The molecule has 48 heavy (non-hydrogen) atoms. The van der Waals surface area contributed by atoms with Gasteiger partial charge in [-0.15, -0.1) is 0 Å². The molecule has 4 aromatic rings. The average molecular weight is 664 g/mol. The summed E-state index contributed by atoms with van der Waals surface area (Å²) in [6.45, 7) is 7.75. The minimum atomic E-state index is -4.81. The van der Waals surface area contributed by atoms with Crippen molar-refractivity contribution in [1.29, 1.82) is 0 Å². The Bertz CT molecular complexity index is 1770. The van der Waals surface area contributed by atoms with E-state index < -0.39 is 24.3 Å². The van der Waals surface area contributed by atoms with Crippen LogP contribution >= 0.6 is 0 Å². The summed E-state index contributed by atoms with van der Waals surface area (Å²) in [5.41, 5.74) is 9.39. The molecule has 6 rings (SSSR count). The summed E-state index contributed by atoms with van der Waals surface area (Å²) in [6, 6.07) is 15.3. The third-order valence-electron chi connectivity index (χ3n) is 9.26. The predicted molar refractivity (Wildman–Crippen MR) is 176 cm³/mol. The molecule has 10 nitrogen and oxygen atoms in total. The number of rotatable bonds is 9. The molecule has 2 aliphatic rings. The number of anilines is 2. The Morgan fingerprint density at radius 1 is 1.08 bits per heavy atom. The van der Waals surface area contributed by atoms with Crippen molar-refractivity contribution in [1.82, 2.24) is 25.1 Å². The number of carboxylic acids is 1. The SMILES string of the molecule is Cc1ccn(-c2cc(-c3ccc(CC(C)C)cc3)ccc2[C@@H](Oc2cc(N3CCC4(CC3)CNC(C(=O)O)C4)nc(N)n2)C(F)(F)F)n1. The van der Waals surface area contributed by atoms with Crippen molar-refractivity contribution in [3.8, 4) is 22.7 Å². The van der Waals surface area contributed by atoms with Crippen LogP contribution in [-0.2, 0) is 11.2 Å². The molecule has 0 saturated carbocycles. The number of benzene rings is 2. The molecular weight excluding hydrogens is 623 g/mol. The summed E-state index contributed by atoms with van der Waals surface area (Å²) in [7, 11) is 0. The molecule has 2 aliphatic heterocycles. The average Bonchev–Trinajstić information content (AvgIpc) is 3.66. The molecule has 4 N–H and O–H groups in total. The van der Waals surface area contributed by atoms with Crippen LogP contribution in [0.5, 0.6) is 5.88 Å². The Morgan fingerprint density at radius 3 is 2.40 bits per heavy atom. The highest BCUT2D eigenvalue weighted by Crippen LogP contribution is 2.43. The number of alkyl halides is 3. The van der Waals surface area contributed by atoms with Gasteiger partial charge in [-0.2, -0.15) is 28.2 Å². The van der Waals surface area contributed by atoms with Gasteiger partial charge in [-0.3, -0.25) is 4.79 Å². The number of halogens is 3. The van der Waals surface area contributed by atoms with Gasteiger partial charge >= 0.3 is 12.1 Å². The first kappa shape index (κ1) is 33.3. The summed E-state index contributed by atoms with van der Waals surface area (Å²) >= 11 is 0. The van der Waals surface area contributed by atoms with Crippen LogP contribution in [0.25, 0.3) is 16.8 Å². The lowest BCUT2D eigenvalue weighted by atomic mass is 9.76. The molecule has 0 aliphatic carbocycles. The highest BCUT2D eigenvalue weighted by atomic mass is 19.4. The van der Waals surface area contributed by atoms with Crippen LogP contribution in [0, 0.1) is 18.3 Å². The van der Waals surface area contributed by atoms with Crippen molar-refractivity contribution in [3.05, 3.63) is 77.6 Å². The van der Waals surface area contributed by atoms with Gasteiger partial charge < -0.3 is 25.8 Å². The molecule has 1 spiro atoms. The quantitative estimate of drug-likeness (QED) is 0.193. The van der Waals surface area contributed by atoms with Gasteiger partial charge in [0, 0.05) is 37.5 Å². The Morgan fingerprint density at radius 2 is 1.79 bits per heavy atom. The van der Waals surface area contributed by atoms with Crippen molar-refractivity contribution in [2.75, 3.05) is 30.3 Å². The van der Waals surface area contributed by atoms with Crippen LogP contribution < -0.4 is 20.7 Å². The number of ether oxygens (including phenoxy) is 1. The van der Waals surface area contributed by atoms with Gasteiger partial charge in [0.05, 0.1) is 11.4 Å². The molecule has 2 atom stereocenters. The highest BCUT2D eigenvalue weighted by molar-refractivity contribution is 5.74. The number of hydrogen-bond acceptors (Lipinski definition) is 8. The fourth-order valence-electron chi connectivity index (χ4n) is 6.76. The van der Waals surface area contributed by atoms with E-state index in [2.05, 4.69) is 34.2 Å². The Kier molecular flexibility index (Phi) is 9.08. The van der Waals surface area contributed by atoms with Crippen molar-refractivity contribution >= 4 is 17.7 Å². The molecule has 1 unspecified atom stereocenters. The molecule has 2 fully saturated rings. The molecule has 2 aromatic carbocycles. The van der Waals surface area contributed by atoms with E-state index in [0.29, 0.717) is 56.3 Å². The smallest absolute Gasteiger partial charge is 0.429 e. The molecular formula is C35H40F3N7O3. The molecule has 4 heterocycles. The molecule has 13 heteroatoms. The van der Waals surface area contributed by atoms with Crippen LogP contribution in [0.1, 0.15) is 56.0 Å². The summed E-state index contributed by atoms with van der Waals surface area (Å²) < 4.78 is 51.8. The van der Waals surface area contributed by atoms with Gasteiger partial charge in [0.2, 0.25) is 17.9 Å². The number of aliphatic carboxylic acids is 1. The standard InChI is InChI=1S/C35H40F3N7O3/c1-21(2)16-23-4-6-24(7-5-23)25-8-9-26(28(17-25)45-13-10-22(3)43-45)31(35(36,37)38)48-30-18-29(41-33(39)42-30)44-14-11-34(12-15-44)19-27(32(46)47)40-20-34/h4-10,13,17-18,21,27,31,40H,11-12,14-16,19-20H2,1-3H3,(H,46,47)(H2,39,41,42)/t27?,31-/m1/s1. The Balaban J connectivity index is 1.29. The largest absolute Gasteiger partial charge is 0.480 e. The van der Waals surface area contributed by atoms with Crippen LogP contribution in [0.3, 0.4) is 0 Å². The number of nitrogen functional groups attached to an aromatic ring is 1. The maximum atomic E-state index is 14.9. The summed E-state index contributed by atoms with van der Waals surface area (Å²) in [5, 5.41) is 16.9. The van der Waals surface area contributed by atoms with Gasteiger partial charge in [0.15, 0.2) is 0 Å². The van der Waals surface area contributed by atoms with Crippen molar-refractivity contribution < 1.29 is 27.8 Å². The maximum Gasteiger partial charge on any atom is 0.429 e. The number of piperidine rings is 1. The number of carboxylic acid groups (broad SMARTS) is 1. The monoisotopic (exact) mass is 663 g/mol. The Hall–Kier alpha value is -4.65.